The Hall–Kier alpha value is -2.12. The average molecular weight is 252 g/mol. The molecule has 0 fully saturated rings. The first-order valence-corrected chi connectivity index (χ1v) is 5.33. The minimum absolute atomic E-state index is 0.147. The predicted molar refractivity (Wildman–Crippen MR) is 65.1 cm³/mol. The normalized spacial score (nSPS) is 11.8. The number of primary amides is 1. The maximum atomic E-state index is 11.6. The van der Waals surface area contributed by atoms with E-state index < -0.39 is 17.9 Å². The van der Waals surface area contributed by atoms with Crippen molar-refractivity contribution < 1.29 is 14.7 Å². The lowest BCUT2D eigenvalue weighted by molar-refractivity contribution is -0.126. The summed E-state index contributed by atoms with van der Waals surface area (Å²) >= 11 is 0. The van der Waals surface area contributed by atoms with Crippen LogP contribution in [0.15, 0.2) is 24.3 Å². The maximum absolute atomic E-state index is 11.6. The molecule has 98 valence electrons. The third-order valence-corrected chi connectivity index (χ3v) is 2.33. The zero-order chi connectivity index (χ0) is 13.5. The van der Waals surface area contributed by atoms with Crippen molar-refractivity contribution in [1.29, 1.82) is 0 Å². The minimum Gasteiger partial charge on any atom is -0.508 e. The molecule has 0 radical (unpaired) electrons. The Morgan fingerprint density at radius 3 is 2.39 bits per heavy atom. The number of hydrogen-bond donors (Lipinski definition) is 5. The fourth-order valence-electron chi connectivity index (χ4n) is 1.39. The third-order valence-electron chi connectivity index (χ3n) is 2.33. The topological polar surface area (TPSA) is 130 Å². The molecule has 0 saturated carbocycles. The van der Waals surface area contributed by atoms with Gasteiger partial charge in [0.1, 0.15) is 11.8 Å². The number of benzene rings is 1. The molecule has 7 N–H and O–H groups in total. The molecule has 1 atom stereocenters. The first-order chi connectivity index (χ1) is 8.52. The van der Waals surface area contributed by atoms with Crippen LogP contribution >= 0.6 is 0 Å². The summed E-state index contributed by atoms with van der Waals surface area (Å²) < 4.78 is 0. The molecular formula is C11H16N4O3. The summed E-state index contributed by atoms with van der Waals surface area (Å²) in [5.74, 6) is 4.39. The van der Waals surface area contributed by atoms with Crippen molar-refractivity contribution in [2.75, 3.05) is 6.54 Å². The van der Waals surface area contributed by atoms with Crippen molar-refractivity contribution in [2.45, 2.75) is 12.5 Å². The molecule has 0 aliphatic heterocycles. The van der Waals surface area contributed by atoms with Crippen LogP contribution in [0.3, 0.4) is 0 Å². The molecule has 7 nitrogen and oxygen atoms in total. The molecule has 7 heteroatoms. The molecule has 0 aromatic heterocycles. The average Bonchev–Trinajstić information content (AvgIpc) is 2.35. The van der Waals surface area contributed by atoms with Crippen molar-refractivity contribution >= 4 is 11.8 Å². The summed E-state index contributed by atoms with van der Waals surface area (Å²) in [6, 6.07) is 5.73. The van der Waals surface area contributed by atoms with Gasteiger partial charge in [0, 0.05) is 0 Å². The first-order valence-electron chi connectivity index (χ1n) is 5.33. The molecule has 1 aromatic rings. The van der Waals surface area contributed by atoms with E-state index in [-0.39, 0.29) is 12.3 Å². The Morgan fingerprint density at radius 1 is 1.28 bits per heavy atom. The van der Waals surface area contributed by atoms with E-state index in [0.29, 0.717) is 6.42 Å². The number of amides is 2. The number of phenolic OH excluding ortho intramolecular Hbond substituents is 1. The second kappa shape index (κ2) is 6.58. The molecule has 0 aliphatic carbocycles. The largest absolute Gasteiger partial charge is 0.508 e. The van der Waals surface area contributed by atoms with E-state index in [4.69, 9.17) is 16.7 Å². The number of carbonyl (C=O) groups is 2. The van der Waals surface area contributed by atoms with Crippen LogP contribution in [0.2, 0.25) is 0 Å². The highest BCUT2D eigenvalue weighted by Gasteiger charge is 2.17. The SMILES string of the molecule is NNC(Cc1ccc(O)cc1)C(=O)NCC(N)=O. The zero-order valence-electron chi connectivity index (χ0n) is 9.72. The van der Waals surface area contributed by atoms with E-state index in [2.05, 4.69) is 10.7 Å². The van der Waals surface area contributed by atoms with Crippen LogP contribution in [0.25, 0.3) is 0 Å². The highest BCUT2D eigenvalue weighted by atomic mass is 16.3. The highest BCUT2D eigenvalue weighted by Crippen LogP contribution is 2.11. The van der Waals surface area contributed by atoms with Gasteiger partial charge in [0.25, 0.3) is 0 Å². The lowest BCUT2D eigenvalue weighted by Gasteiger charge is -2.15. The molecule has 18 heavy (non-hydrogen) atoms. The highest BCUT2D eigenvalue weighted by molar-refractivity contribution is 5.86. The van der Waals surface area contributed by atoms with Crippen LogP contribution in [0.1, 0.15) is 5.56 Å². The Kier molecular flexibility index (Phi) is 5.09. The maximum Gasteiger partial charge on any atom is 0.239 e. The number of nitrogens with one attached hydrogen (secondary N) is 2. The van der Waals surface area contributed by atoms with Crippen LogP contribution in [-0.2, 0) is 16.0 Å². The molecule has 1 rings (SSSR count). The summed E-state index contributed by atoms with van der Waals surface area (Å²) in [6.07, 6.45) is 0.335. The Balaban J connectivity index is 2.58. The van der Waals surface area contributed by atoms with Gasteiger partial charge < -0.3 is 16.2 Å². The lowest BCUT2D eigenvalue weighted by atomic mass is 10.1. The molecule has 0 aliphatic rings. The van der Waals surface area contributed by atoms with E-state index >= 15 is 0 Å². The number of carbonyl (C=O) groups excluding carboxylic acids is 2. The van der Waals surface area contributed by atoms with Gasteiger partial charge in [-0.25, -0.2) is 5.43 Å². The van der Waals surface area contributed by atoms with Crippen molar-refractivity contribution in [3.05, 3.63) is 29.8 Å². The van der Waals surface area contributed by atoms with Crippen LogP contribution in [0, 0.1) is 0 Å². The lowest BCUT2D eigenvalue weighted by Crippen LogP contribution is -2.50. The van der Waals surface area contributed by atoms with Crippen LogP contribution in [0.4, 0.5) is 0 Å². The third kappa shape index (κ3) is 4.40. The summed E-state index contributed by atoms with van der Waals surface area (Å²) in [7, 11) is 0. The quantitative estimate of drug-likeness (QED) is 0.306. The van der Waals surface area contributed by atoms with Crippen molar-refractivity contribution in [2.24, 2.45) is 11.6 Å². The van der Waals surface area contributed by atoms with Gasteiger partial charge in [-0.15, -0.1) is 0 Å². The smallest absolute Gasteiger partial charge is 0.239 e. The molecular weight excluding hydrogens is 236 g/mol. The molecule has 0 spiro atoms. The Labute approximate surface area is 104 Å². The van der Waals surface area contributed by atoms with Gasteiger partial charge in [0.15, 0.2) is 0 Å². The fourth-order valence-corrected chi connectivity index (χ4v) is 1.39. The molecule has 2 amide bonds. The van der Waals surface area contributed by atoms with Gasteiger partial charge in [-0.1, -0.05) is 12.1 Å². The summed E-state index contributed by atoms with van der Waals surface area (Å²) in [4.78, 5) is 22.2. The number of nitrogens with two attached hydrogens (primary N) is 2. The first kappa shape index (κ1) is 13.9. The molecule has 0 heterocycles. The molecule has 0 saturated heterocycles. The van der Waals surface area contributed by atoms with E-state index in [1.54, 1.807) is 12.1 Å². The van der Waals surface area contributed by atoms with Gasteiger partial charge >= 0.3 is 0 Å². The second-order valence-electron chi connectivity index (χ2n) is 3.77. The number of rotatable bonds is 6. The minimum atomic E-state index is -0.672. The van der Waals surface area contributed by atoms with Crippen LogP contribution < -0.4 is 22.3 Å². The van der Waals surface area contributed by atoms with E-state index in [1.165, 1.54) is 12.1 Å². The van der Waals surface area contributed by atoms with Gasteiger partial charge in [-0.05, 0) is 24.1 Å². The number of hydrazine groups is 1. The number of aromatic hydroxyl groups is 1. The van der Waals surface area contributed by atoms with Crippen molar-refractivity contribution in [3.63, 3.8) is 0 Å². The second-order valence-corrected chi connectivity index (χ2v) is 3.77. The van der Waals surface area contributed by atoms with Gasteiger partial charge in [0.2, 0.25) is 11.8 Å². The standard InChI is InChI=1S/C11H16N4O3/c12-10(17)6-14-11(18)9(15-13)5-7-1-3-8(16)4-2-7/h1-4,9,15-16H,5-6,13H2,(H2,12,17)(H,14,18). The van der Waals surface area contributed by atoms with Gasteiger partial charge in [-0.2, -0.15) is 0 Å². The van der Waals surface area contributed by atoms with E-state index in [9.17, 15) is 9.59 Å². The van der Waals surface area contributed by atoms with E-state index in [1.807, 2.05) is 0 Å². The Morgan fingerprint density at radius 2 is 1.89 bits per heavy atom. The summed E-state index contributed by atoms with van der Waals surface area (Å²) in [6.45, 7) is -0.230. The van der Waals surface area contributed by atoms with Crippen molar-refractivity contribution in [1.82, 2.24) is 10.7 Å². The molecule has 1 unspecified atom stereocenters. The Bertz CT molecular complexity index is 419. The summed E-state index contributed by atoms with van der Waals surface area (Å²) in [5, 5.41) is 11.5. The number of hydrogen-bond acceptors (Lipinski definition) is 5. The zero-order valence-corrected chi connectivity index (χ0v) is 9.72. The van der Waals surface area contributed by atoms with Crippen LogP contribution in [-0.4, -0.2) is 29.5 Å². The van der Waals surface area contributed by atoms with Gasteiger partial charge in [-0.3, -0.25) is 15.4 Å². The molecule has 0 bridgehead atoms. The van der Waals surface area contributed by atoms with Crippen LogP contribution in [0.5, 0.6) is 5.75 Å². The molecule has 1 aromatic carbocycles. The van der Waals surface area contributed by atoms with E-state index in [0.717, 1.165) is 5.56 Å². The summed E-state index contributed by atoms with van der Waals surface area (Å²) in [5.41, 5.74) is 8.10. The number of phenols is 1. The fraction of sp³-hybridized carbons (Fsp3) is 0.273. The van der Waals surface area contributed by atoms with Crippen molar-refractivity contribution in [3.8, 4) is 5.75 Å². The predicted octanol–water partition coefficient (Wildman–Crippen LogP) is -1.63. The monoisotopic (exact) mass is 252 g/mol. The van der Waals surface area contributed by atoms with Gasteiger partial charge in [0.05, 0.1) is 6.54 Å².